The highest BCUT2D eigenvalue weighted by Crippen LogP contribution is 2.30. The van der Waals surface area contributed by atoms with E-state index in [4.69, 9.17) is 11.1 Å². The van der Waals surface area contributed by atoms with Crippen LogP contribution in [0.2, 0.25) is 0 Å². The van der Waals surface area contributed by atoms with Gasteiger partial charge in [0.15, 0.2) is 0 Å². The summed E-state index contributed by atoms with van der Waals surface area (Å²) in [5, 5.41) is 7.39. The largest absolute Gasteiger partial charge is 0.384 e. The summed E-state index contributed by atoms with van der Waals surface area (Å²) in [6, 6.07) is 11.9. The minimum atomic E-state index is -0.243. The molecule has 0 saturated carbocycles. The molecule has 0 aromatic heterocycles. The van der Waals surface area contributed by atoms with Crippen LogP contribution < -0.4 is 5.73 Å². The van der Waals surface area contributed by atoms with Crippen molar-refractivity contribution in [3.63, 3.8) is 0 Å². The maximum absolute atomic E-state index is 12.8. The molecular weight excluding hydrogens is 315 g/mol. The number of hydrogen-bond donors (Lipinski definition) is 2. The van der Waals surface area contributed by atoms with Crippen LogP contribution in [-0.2, 0) is 0 Å². The van der Waals surface area contributed by atoms with Crippen LogP contribution in [0.15, 0.2) is 56.7 Å². The smallest absolute Gasteiger partial charge is 0.123 e. The number of benzene rings is 2. The van der Waals surface area contributed by atoms with Gasteiger partial charge >= 0.3 is 0 Å². The van der Waals surface area contributed by atoms with Gasteiger partial charge in [-0.3, -0.25) is 5.41 Å². The van der Waals surface area contributed by atoms with E-state index in [0.29, 0.717) is 5.56 Å². The van der Waals surface area contributed by atoms with Gasteiger partial charge in [-0.25, -0.2) is 4.39 Å². The maximum atomic E-state index is 12.8. The second-order valence-corrected chi connectivity index (χ2v) is 5.61. The Bertz CT molecular complexity index is 584. The van der Waals surface area contributed by atoms with Crippen molar-refractivity contribution in [3.05, 3.63) is 58.3 Å². The average molecular weight is 325 g/mol. The summed E-state index contributed by atoms with van der Waals surface area (Å²) in [6.07, 6.45) is 0. The lowest BCUT2D eigenvalue weighted by Gasteiger charge is -2.06. The Labute approximate surface area is 117 Å². The van der Waals surface area contributed by atoms with Crippen LogP contribution >= 0.6 is 27.7 Å². The van der Waals surface area contributed by atoms with Crippen LogP contribution in [0.4, 0.5) is 4.39 Å². The number of nitrogen functional groups attached to an aromatic ring is 1. The van der Waals surface area contributed by atoms with Crippen LogP contribution in [-0.4, -0.2) is 5.84 Å². The highest BCUT2D eigenvalue weighted by molar-refractivity contribution is 9.10. The predicted octanol–water partition coefficient (Wildman–Crippen LogP) is 4.02. The molecule has 0 aliphatic heterocycles. The second-order valence-electron chi connectivity index (χ2n) is 3.61. The van der Waals surface area contributed by atoms with E-state index >= 15 is 0 Å². The van der Waals surface area contributed by atoms with Crippen molar-refractivity contribution >= 4 is 33.5 Å². The van der Waals surface area contributed by atoms with E-state index in [-0.39, 0.29) is 11.7 Å². The van der Waals surface area contributed by atoms with Gasteiger partial charge in [-0.1, -0.05) is 11.8 Å². The van der Waals surface area contributed by atoms with Crippen LogP contribution in [0.1, 0.15) is 5.56 Å². The zero-order valence-electron chi connectivity index (χ0n) is 9.28. The standard InChI is InChI=1S/C13H10BrFN2S/c14-12-7-10(5-6-11(12)13(16)17)18-9-3-1-8(15)2-4-9/h1-7H,(H3,16,17). The van der Waals surface area contributed by atoms with Gasteiger partial charge in [-0.15, -0.1) is 0 Å². The molecule has 2 rings (SSSR count). The fraction of sp³-hybridized carbons (Fsp3) is 0. The molecule has 92 valence electrons. The third-order valence-corrected chi connectivity index (χ3v) is 3.93. The van der Waals surface area contributed by atoms with Gasteiger partial charge in [-0.05, 0) is 58.4 Å². The molecule has 0 heterocycles. The Hall–Kier alpha value is -1.33. The summed E-state index contributed by atoms with van der Waals surface area (Å²) < 4.78 is 13.6. The van der Waals surface area contributed by atoms with E-state index < -0.39 is 0 Å². The molecule has 0 spiro atoms. The molecule has 18 heavy (non-hydrogen) atoms. The molecule has 2 aromatic carbocycles. The van der Waals surface area contributed by atoms with Crippen molar-refractivity contribution in [2.45, 2.75) is 9.79 Å². The van der Waals surface area contributed by atoms with Crippen molar-refractivity contribution in [2.24, 2.45) is 5.73 Å². The van der Waals surface area contributed by atoms with Gasteiger partial charge in [0.25, 0.3) is 0 Å². The third kappa shape index (κ3) is 3.11. The van der Waals surface area contributed by atoms with E-state index in [2.05, 4.69) is 15.9 Å². The first-order valence-electron chi connectivity index (χ1n) is 5.13. The number of nitrogens with one attached hydrogen (secondary N) is 1. The summed E-state index contributed by atoms with van der Waals surface area (Å²) in [5.41, 5.74) is 6.10. The first-order chi connectivity index (χ1) is 8.56. The molecule has 2 aromatic rings. The summed E-state index contributed by atoms with van der Waals surface area (Å²) >= 11 is 4.90. The topological polar surface area (TPSA) is 49.9 Å². The Kier molecular flexibility index (Phi) is 4.04. The molecule has 0 amide bonds. The van der Waals surface area contributed by atoms with E-state index in [1.807, 2.05) is 12.1 Å². The van der Waals surface area contributed by atoms with E-state index in [1.54, 1.807) is 18.2 Å². The fourth-order valence-corrected chi connectivity index (χ4v) is 3.02. The molecule has 0 atom stereocenters. The first-order valence-corrected chi connectivity index (χ1v) is 6.74. The average Bonchev–Trinajstić information content (AvgIpc) is 2.32. The lowest BCUT2D eigenvalue weighted by Crippen LogP contribution is -2.11. The lowest BCUT2D eigenvalue weighted by molar-refractivity contribution is 0.626. The SMILES string of the molecule is N=C(N)c1ccc(Sc2ccc(F)cc2)cc1Br. The Morgan fingerprint density at radius 1 is 1.11 bits per heavy atom. The van der Waals surface area contributed by atoms with Gasteiger partial charge in [0.1, 0.15) is 11.7 Å². The van der Waals surface area contributed by atoms with E-state index in [1.165, 1.54) is 23.9 Å². The second kappa shape index (κ2) is 5.54. The fourth-order valence-electron chi connectivity index (χ4n) is 1.42. The van der Waals surface area contributed by atoms with Crippen molar-refractivity contribution < 1.29 is 4.39 Å². The van der Waals surface area contributed by atoms with Crippen LogP contribution in [0, 0.1) is 11.2 Å². The van der Waals surface area contributed by atoms with Crippen molar-refractivity contribution in [2.75, 3.05) is 0 Å². The van der Waals surface area contributed by atoms with Crippen molar-refractivity contribution in [1.82, 2.24) is 0 Å². The molecule has 0 aliphatic rings. The minimum Gasteiger partial charge on any atom is -0.384 e. The number of amidine groups is 1. The van der Waals surface area contributed by atoms with E-state index in [9.17, 15) is 4.39 Å². The zero-order chi connectivity index (χ0) is 13.1. The van der Waals surface area contributed by atoms with Crippen LogP contribution in [0.3, 0.4) is 0 Å². The Morgan fingerprint density at radius 3 is 2.28 bits per heavy atom. The van der Waals surface area contributed by atoms with Gasteiger partial charge in [-0.2, -0.15) is 0 Å². The van der Waals surface area contributed by atoms with Gasteiger partial charge in [0, 0.05) is 19.8 Å². The molecule has 0 radical (unpaired) electrons. The number of halogens is 2. The van der Waals surface area contributed by atoms with Gasteiger partial charge in [0.2, 0.25) is 0 Å². The number of hydrogen-bond acceptors (Lipinski definition) is 2. The van der Waals surface area contributed by atoms with Crippen LogP contribution in [0.25, 0.3) is 0 Å². The van der Waals surface area contributed by atoms with E-state index in [0.717, 1.165) is 14.3 Å². The maximum Gasteiger partial charge on any atom is 0.123 e. The summed E-state index contributed by atoms with van der Waals surface area (Å²) in [5.74, 6) is -0.215. The molecular formula is C13H10BrFN2S. The lowest BCUT2D eigenvalue weighted by atomic mass is 10.2. The normalized spacial score (nSPS) is 10.3. The molecule has 0 fully saturated rings. The molecule has 3 N–H and O–H groups in total. The summed E-state index contributed by atoms with van der Waals surface area (Å²) in [7, 11) is 0. The molecule has 2 nitrogen and oxygen atoms in total. The van der Waals surface area contributed by atoms with Gasteiger partial charge < -0.3 is 5.73 Å². The predicted molar refractivity (Wildman–Crippen MR) is 75.7 cm³/mol. The molecule has 5 heteroatoms. The number of nitrogens with two attached hydrogens (primary N) is 1. The van der Waals surface area contributed by atoms with Crippen molar-refractivity contribution in [1.29, 1.82) is 5.41 Å². The summed E-state index contributed by atoms with van der Waals surface area (Å²) in [6.45, 7) is 0. The highest BCUT2D eigenvalue weighted by Gasteiger charge is 2.05. The Balaban J connectivity index is 2.22. The highest BCUT2D eigenvalue weighted by atomic mass is 79.9. The minimum absolute atomic E-state index is 0.0280. The van der Waals surface area contributed by atoms with Gasteiger partial charge in [0.05, 0.1) is 0 Å². The zero-order valence-corrected chi connectivity index (χ0v) is 11.7. The molecule has 0 unspecified atom stereocenters. The van der Waals surface area contributed by atoms with Crippen LogP contribution in [0.5, 0.6) is 0 Å². The first kappa shape index (κ1) is 13.1. The monoisotopic (exact) mass is 324 g/mol. The molecule has 0 bridgehead atoms. The third-order valence-electron chi connectivity index (χ3n) is 2.28. The van der Waals surface area contributed by atoms with Crippen molar-refractivity contribution in [3.8, 4) is 0 Å². The molecule has 0 saturated heterocycles. The quantitative estimate of drug-likeness (QED) is 0.661. The summed E-state index contributed by atoms with van der Waals surface area (Å²) in [4.78, 5) is 1.96. The molecule has 0 aliphatic carbocycles. The Morgan fingerprint density at radius 2 is 1.72 bits per heavy atom. The number of rotatable bonds is 3.